The zero-order valence-electron chi connectivity index (χ0n) is 11.4. The molecular weight excluding hydrogens is 238 g/mol. The Bertz CT molecular complexity index is 535. The summed E-state index contributed by atoms with van der Waals surface area (Å²) < 4.78 is 5.82. The number of hydrogen-bond donors (Lipinski definition) is 1. The quantitative estimate of drug-likeness (QED) is 0.895. The number of benzene rings is 1. The third-order valence-corrected chi connectivity index (χ3v) is 3.01. The van der Waals surface area contributed by atoms with E-state index in [1.807, 2.05) is 43.3 Å². The molecule has 1 aromatic carbocycles. The zero-order valence-corrected chi connectivity index (χ0v) is 11.4. The number of pyridine rings is 1. The lowest BCUT2D eigenvalue weighted by molar-refractivity contribution is 0.281. The molecule has 0 amide bonds. The fourth-order valence-corrected chi connectivity index (χ4v) is 1.88. The van der Waals surface area contributed by atoms with Crippen LogP contribution in [0.4, 0.5) is 0 Å². The highest BCUT2D eigenvalue weighted by atomic mass is 16.5. The molecule has 0 atom stereocenters. The SMILES string of the molecule is CCc1nc(C)ccc1OCc1ccc(CO)cc1. The Balaban J connectivity index is 2.05. The summed E-state index contributed by atoms with van der Waals surface area (Å²) in [4.78, 5) is 4.47. The van der Waals surface area contributed by atoms with Crippen LogP contribution in [-0.2, 0) is 19.6 Å². The standard InChI is InChI=1S/C16H19NO2/c1-3-15-16(9-4-12(2)17-15)19-11-14-7-5-13(10-18)6-8-14/h4-9,18H,3,10-11H2,1-2H3. The Morgan fingerprint density at radius 1 is 1.05 bits per heavy atom. The van der Waals surface area contributed by atoms with Gasteiger partial charge in [0.05, 0.1) is 12.3 Å². The summed E-state index contributed by atoms with van der Waals surface area (Å²) in [5.74, 6) is 0.847. The van der Waals surface area contributed by atoms with Crippen molar-refractivity contribution in [2.75, 3.05) is 0 Å². The predicted octanol–water partition coefficient (Wildman–Crippen LogP) is 3.02. The van der Waals surface area contributed by atoms with Gasteiger partial charge in [0.1, 0.15) is 12.4 Å². The molecule has 0 unspecified atom stereocenters. The summed E-state index contributed by atoms with van der Waals surface area (Å²) in [6.45, 7) is 4.65. The topological polar surface area (TPSA) is 42.4 Å². The van der Waals surface area contributed by atoms with Gasteiger partial charge in [0.15, 0.2) is 0 Å². The maximum Gasteiger partial charge on any atom is 0.141 e. The van der Waals surface area contributed by atoms with Crippen LogP contribution in [0.25, 0.3) is 0 Å². The van der Waals surface area contributed by atoms with Gasteiger partial charge in [0, 0.05) is 5.69 Å². The van der Waals surface area contributed by atoms with Crippen LogP contribution in [0.1, 0.15) is 29.4 Å². The van der Waals surface area contributed by atoms with Crippen molar-refractivity contribution in [3.05, 3.63) is 58.9 Å². The van der Waals surface area contributed by atoms with Crippen LogP contribution in [0, 0.1) is 6.92 Å². The summed E-state index contributed by atoms with van der Waals surface area (Å²) in [6, 6.07) is 11.7. The normalized spacial score (nSPS) is 10.5. The van der Waals surface area contributed by atoms with Gasteiger partial charge in [-0.3, -0.25) is 4.98 Å². The molecule has 0 spiro atoms. The van der Waals surface area contributed by atoms with Crippen LogP contribution in [-0.4, -0.2) is 10.1 Å². The minimum absolute atomic E-state index is 0.0724. The highest BCUT2D eigenvalue weighted by Gasteiger charge is 2.04. The Morgan fingerprint density at radius 2 is 1.74 bits per heavy atom. The van der Waals surface area contributed by atoms with Crippen LogP contribution in [0.15, 0.2) is 36.4 Å². The number of rotatable bonds is 5. The van der Waals surface area contributed by atoms with E-state index in [-0.39, 0.29) is 6.61 Å². The van der Waals surface area contributed by atoms with Crippen molar-refractivity contribution in [2.45, 2.75) is 33.5 Å². The van der Waals surface area contributed by atoms with Crippen molar-refractivity contribution in [2.24, 2.45) is 0 Å². The second-order valence-corrected chi connectivity index (χ2v) is 4.51. The number of nitrogens with zero attached hydrogens (tertiary/aromatic N) is 1. The Kier molecular flexibility index (Phi) is 4.53. The van der Waals surface area contributed by atoms with Crippen LogP contribution in [0.2, 0.25) is 0 Å². The van der Waals surface area contributed by atoms with E-state index in [9.17, 15) is 0 Å². The first-order valence-electron chi connectivity index (χ1n) is 6.51. The molecular formula is C16H19NO2. The molecule has 0 bridgehead atoms. The predicted molar refractivity (Wildman–Crippen MR) is 75.0 cm³/mol. The third-order valence-electron chi connectivity index (χ3n) is 3.01. The molecule has 2 rings (SSSR count). The average molecular weight is 257 g/mol. The fraction of sp³-hybridized carbons (Fsp3) is 0.312. The van der Waals surface area contributed by atoms with E-state index in [0.717, 1.165) is 34.7 Å². The molecule has 3 heteroatoms. The fourth-order valence-electron chi connectivity index (χ4n) is 1.88. The van der Waals surface area contributed by atoms with Gasteiger partial charge in [0.2, 0.25) is 0 Å². The first-order valence-corrected chi connectivity index (χ1v) is 6.51. The molecule has 0 saturated heterocycles. The number of hydrogen-bond acceptors (Lipinski definition) is 3. The molecule has 1 aromatic heterocycles. The number of ether oxygens (including phenoxy) is 1. The summed E-state index contributed by atoms with van der Waals surface area (Å²) in [5.41, 5.74) is 4.00. The molecule has 0 saturated carbocycles. The van der Waals surface area contributed by atoms with E-state index in [4.69, 9.17) is 9.84 Å². The summed E-state index contributed by atoms with van der Waals surface area (Å²) in [5, 5.41) is 8.99. The second-order valence-electron chi connectivity index (χ2n) is 4.51. The summed E-state index contributed by atoms with van der Waals surface area (Å²) in [7, 11) is 0. The van der Waals surface area contributed by atoms with E-state index in [0.29, 0.717) is 6.61 Å². The highest BCUT2D eigenvalue weighted by molar-refractivity contribution is 5.30. The van der Waals surface area contributed by atoms with Crippen LogP contribution in [0.5, 0.6) is 5.75 Å². The van der Waals surface area contributed by atoms with Crippen molar-refractivity contribution in [1.29, 1.82) is 0 Å². The zero-order chi connectivity index (χ0) is 13.7. The number of aromatic nitrogens is 1. The van der Waals surface area contributed by atoms with Gasteiger partial charge in [-0.05, 0) is 36.6 Å². The van der Waals surface area contributed by atoms with Crippen molar-refractivity contribution in [1.82, 2.24) is 4.98 Å². The summed E-state index contributed by atoms with van der Waals surface area (Å²) in [6.07, 6.45) is 0.862. The minimum Gasteiger partial charge on any atom is -0.487 e. The van der Waals surface area contributed by atoms with Gasteiger partial charge in [-0.25, -0.2) is 0 Å². The Hall–Kier alpha value is -1.87. The molecule has 1 N–H and O–H groups in total. The minimum atomic E-state index is 0.0724. The van der Waals surface area contributed by atoms with Gasteiger partial charge < -0.3 is 9.84 Å². The maximum absolute atomic E-state index is 8.99. The lowest BCUT2D eigenvalue weighted by Gasteiger charge is -2.10. The maximum atomic E-state index is 8.99. The van der Waals surface area contributed by atoms with Gasteiger partial charge in [0.25, 0.3) is 0 Å². The van der Waals surface area contributed by atoms with Crippen molar-refractivity contribution in [3.8, 4) is 5.75 Å². The number of aryl methyl sites for hydroxylation is 2. The molecule has 0 aliphatic rings. The monoisotopic (exact) mass is 257 g/mol. The van der Waals surface area contributed by atoms with E-state index in [2.05, 4.69) is 11.9 Å². The van der Waals surface area contributed by atoms with E-state index in [1.54, 1.807) is 0 Å². The molecule has 3 nitrogen and oxygen atoms in total. The van der Waals surface area contributed by atoms with Crippen LogP contribution >= 0.6 is 0 Å². The summed E-state index contributed by atoms with van der Waals surface area (Å²) >= 11 is 0. The second kappa shape index (κ2) is 6.34. The lowest BCUT2D eigenvalue weighted by atomic mass is 10.1. The van der Waals surface area contributed by atoms with E-state index in [1.165, 1.54) is 0 Å². The van der Waals surface area contributed by atoms with Gasteiger partial charge in [-0.2, -0.15) is 0 Å². The Labute approximate surface area is 113 Å². The molecule has 100 valence electrons. The molecule has 2 aromatic rings. The first kappa shape index (κ1) is 13.6. The van der Waals surface area contributed by atoms with Gasteiger partial charge >= 0.3 is 0 Å². The molecule has 0 aliphatic heterocycles. The van der Waals surface area contributed by atoms with Crippen LogP contribution < -0.4 is 4.74 Å². The number of aliphatic hydroxyl groups excluding tert-OH is 1. The molecule has 0 radical (unpaired) electrons. The average Bonchev–Trinajstić information content (AvgIpc) is 2.46. The molecule has 0 aliphatic carbocycles. The van der Waals surface area contributed by atoms with Crippen molar-refractivity contribution in [3.63, 3.8) is 0 Å². The number of aliphatic hydroxyl groups is 1. The van der Waals surface area contributed by atoms with E-state index < -0.39 is 0 Å². The van der Waals surface area contributed by atoms with Crippen LogP contribution in [0.3, 0.4) is 0 Å². The molecule has 19 heavy (non-hydrogen) atoms. The highest BCUT2D eigenvalue weighted by Crippen LogP contribution is 2.19. The smallest absolute Gasteiger partial charge is 0.141 e. The largest absolute Gasteiger partial charge is 0.487 e. The molecule has 1 heterocycles. The lowest BCUT2D eigenvalue weighted by Crippen LogP contribution is -2.01. The first-order chi connectivity index (χ1) is 9.22. The van der Waals surface area contributed by atoms with Crippen molar-refractivity contribution >= 4 is 0 Å². The van der Waals surface area contributed by atoms with Crippen molar-refractivity contribution < 1.29 is 9.84 Å². The van der Waals surface area contributed by atoms with Gasteiger partial charge in [-0.1, -0.05) is 31.2 Å². The van der Waals surface area contributed by atoms with Gasteiger partial charge in [-0.15, -0.1) is 0 Å². The Morgan fingerprint density at radius 3 is 2.37 bits per heavy atom. The molecule has 0 fully saturated rings. The van der Waals surface area contributed by atoms with E-state index >= 15 is 0 Å². The third kappa shape index (κ3) is 3.55.